The highest BCUT2D eigenvalue weighted by molar-refractivity contribution is 5.33. The zero-order valence-electron chi connectivity index (χ0n) is 5.43. The molecule has 0 radical (unpaired) electrons. The zero-order chi connectivity index (χ0) is 8.04. The fourth-order valence-electron chi connectivity index (χ4n) is 0.324. The maximum absolute atomic E-state index is 12.1. The normalized spacial score (nSPS) is 10.7. The number of halogens is 2. The molecule has 3 nitrogen and oxygen atoms in total. The molecule has 0 bridgehead atoms. The van der Waals surface area contributed by atoms with Gasteiger partial charge in [0, 0.05) is 6.61 Å². The Balaban J connectivity index is 3.74. The van der Waals surface area contributed by atoms with Gasteiger partial charge in [-0.15, -0.1) is 4.99 Å². The van der Waals surface area contributed by atoms with E-state index in [4.69, 9.17) is 0 Å². The molecular weight excluding hydrogens is 144 g/mol. The lowest BCUT2D eigenvalue weighted by Gasteiger charge is -2.06. The van der Waals surface area contributed by atoms with Crippen molar-refractivity contribution in [3.63, 3.8) is 0 Å². The highest BCUT2D eigenvalue weighted by Gasteiger charge is 2.27. The minimum Gasteiger partial charge on any atom is -0.373 e. The fraction of sp³-hybridized carbons (Fsp3) is 0.800. The van der Waals surface area contributed by atoms with Gasteiger partial charge in [0.05, 0.1) is 0 Å². The van der Waals surface area contributed by atoms with Gasteiger partial charge in [-0.25, -0.2) is 4.79 Å². The molecule has 0 heterocycles. The summed E-state index contributed by atoms with van der Waals surface area (Å²) in [5.41, 5.74) is 0. The topological polar surface area (TPSA) is 38.7 Å². The second-order valence-electron chi connectivity index (χ2n) is 1.51. The van der Waals surface area contributed by atoms with E-state index in [0.29, 0.717) is 0 Å². The Hall–Kier alpha value is -0.800. The monoisotopic (exact) mass is 151 g/mol. The molecule has 0 N–H and O–H groups in total. The van der Waals surface area contributed by atoms with Gasteiger partial charge in [-0.05, 0) is 6.92 Å². The number of hydrogen-bond acceptors (Lipinski definition) is 3. The van der Waals surface area contributed by atoms with Crippen LogP contribution in [0.1, 0.15) is 6.92 Å². The smallest absolute Gasteiger partial charge is 0.373 e. The number of alkyl halides is 2. The molecule has 0 aliphatic heterocycles. The minimum atomic E-state index is -3.42. The lowest BCUT2D eigenvalue weighted by Crippen LogP contribution is -2.20. The molecule has 0 aromatic rings. The Morgan fingerprint density at radius 2 is 2.30 bits per heavy atom. The Labute approximate surface area is 56.7 Å². The summed E-state index contributed by atoms with van der Waals surface area (Å²) in [6, 6.07) is -3.42. The molecule has 0 unspecified atom stereocenters. The lowest BCUT2D eigenvalue weighted by molar-refractivity contribution is -0.0669. The Morgan fingerprint density at radius 1 is 1.70 bits per heavy atom. The molecular formula is C5H7F2NO2. The molecule has 58 valence electrons. The van der Waals surface area contributed by atoms with Crippen LogP contribution in [0.4, 0.5) is 8.78 Å². The summed E-state index contributed by atoms with van der Waals surface area (Å²) in [6.45, 7) is 0.878. The molecule has 0 amide bonds. The first-order valence-electron chi connectivity index (χ1n) is 2.67. The van der Waals surface area contributed by atoms with Gasteiger partial charge in [0.2, 0.25) is 6.08 Å². The van der Waals surface area contributed by atoms with Crippen molar-refractivity contribution in [2.24, 2.45) is 4.99 Å². The predicted molar refractivity (Wildman–Crippen MR) is 29.6 cm³/mol. The molecule has 0 saturated carbocycles. The molecule has 0 fully saturated rings. The van der Waals surface area contributed by atoms with E-state index in [-0.39, 0.29) is 6.61 Å². The van der Waals surface area contributed by atoms with Gasteiger partial charge < -0.3 is 4.74 Å². The number of aliphatic imine (C=N–C) groups is 1. The summed E-state index contributed by atoms with van der Waals surface area (Å²) >= 11 is 0. The van der Waals surface area contributed by atoms with Gasteiger partial charge in [0.1, 0.15) is 6.61 Å². The van der Waals surface area contributed by atoms with Crippen LogP contribution in [0.2, 0.25) is 0 Å². The van der Waals surface area contributed by atoms with Crippen LogP contribution >= 0.6 is 0 Å². The first-order chi connectivity index (χ1) is 4.62. The van der Waals surface area contributed by atoms with E-state index in [1.54, 1.807) is 6.92 Å². The van der Waals surface area contributed by atoms with Gasteiger partial charge in [-0.1, -0.05) is 0 Å². The summed E-state index contributed by atoms with van der Waals surface area (Å²) in [6.07, 6.45) is 0.762. The number of rotatable bonds is 4. The van der Waals surface area contributed by atoms with Crippen molar-refractivity contribution in [3.05, 3.63) is 0 Å². The van der Waals surface area contributed by atoms with Crippen LogP contribution in [-0.4, -0.2) is 25.3 Å². The van der Waals surface area contributed by atoms with Crippen molar-refractivity contribution in [1.82, 2.24) is 0 Å². The van der Waals surface area contributed by atoms with Crippen LogP contribution in [0.25, 0.3) is 0 Å². The van der Waals surface area contributed by atoms with Crippen molar-refractivity contribution < 1.29 is 18.3 Å². The number of nitrogens with zero attached hydrogens (tertiary/aromatic N) is 1. The van der Waals surface area contributed by atoms with E-state index in [9.17, 15) is 13.6 Å². The zero-order valence-corrected chi connectivity index (χ0v) is 5.43. The summed E-state index contributed by atoms with van der Waals surface area (Å²) in [5.74, 6) is 0. The predicted octanol–water partition coefficient (Wildman–Crippen LogP) is 0.952. The van der Waals surface area contributed by atoms with Crippen LogP contribution in [-0.2, 0) is 9.53 Å². The molecule has 0 aliphatic rings. The third kappa shape index (κ3) is 4.12. The third-order valence-electron chi connectivity index (χ3n) is 0.689. The molecule has 5 heteroatoms. The minimum absolute atomic E-state index is 0.171. The first-order valence-corrected chi connectivity index (χ1v) is 2.67. The van der Waals surface area contributed by atoms with E-state index in [2.05, 4.69) is 9.73 Å². The Bertz CT molecular complexity index is 143. The molecule has 0 saturated heterocycles. The van der Waals surface area contributed by atoms with Crippen LogP contribution in [0.5, 0.6) is 0 Å². The first kappa shape index (κ1) is 9.20. The SMILES string of the molecule is CCOCC(F)(F)N=C=O. The number of isocyanates is 1. The molecule has 0 aromatic carbocycles. The van der Waals surface area contributed by atoms with E-state index in [1.807, 2.05) is 0 Å². The average molecular weight is 151 g/mol. The number of hydrogen-bond donors (Lipinski definition) is 0. The molecule has 10 heavy (non-hydrogen) atoms. The highest BCUT2D eigenvalue weighted by Crippen LogP contribution is 2.13. The quantitative estimate of drug-likeness (QED) is 0.341. The number of carbonyl (C=O) groups excluding carboxylic acids is 1. The van der Waals surface area contributed by atoms with Gasteiger partial charge in [0.25, 0.3) is 0 Å². The second kappa shape index (κ2) is 4.09. The maximum Gasteiger partial charge on any atom is 0.375 e. The van der Waals surface area contributed by atoms with Crippen molar-refractivity contribution in [3.8, 4) is 0 Å². The standard InChI is InChI=1S/C5H7F2NO2/c1-2-10-3-5(6,7)8-4-9/h2-3H2,1H3. The summed E-state index contributed by atoms with van der Waals surface area (Å²) < 4.78 is 28.4. The van der Waals surface area contributed by atoms with Crippen molar-refractivity contribution in [1.29, 1.82) is 0 Å². The highest BCUT2D eigenvalue weighted by atomic mass is 19.3. The molecule has 0 atom stereocenters. The number of ether oxygens (including phenoxy) is 1. The Morgan fingerprint density at radius 3 is 2.70 bits per heavy atom. The molecule has 0 aliphatic carbocycles. The Kier molecular flexibility index (Phi) is 3.76. The summed E-state index contributed by atoms with van der Waals surface area (Å²) in [4.78, 5) is 11.6. The molecule has 0 spiro atoms. The van der Waals surface area contributed by atoms with E-state index >= 15 is 0 Å². The van der Waals surface area contributed by atoms with Gasteiger partial charge in [0.15, 0.2) is 0 Å². The van der Waals surface area contributed by atoms with E-state index in [0.717, 1.165) is 6.08 Å². The third-order valence-corrected chi connectivity index (χ3v) is 0.689. The van der Waals surface area contributed by atoms with Crippen molar-refractivity contribution >= 4 is 6.08 Å². The van der Waals surface area contributed by atoms with E-state index in [1.165, 1.54) is 0 Å². The largest absolute Gasteiger partial charge is 0.375 e. The van der Waals surface area contributed by atoms with Crippen LogP contribution in [0, 0.1) is 0 Å². The van der Waals surface area contributed by atoms with Crippen LogP contribution in [0.3, 0.4) is 0 Å². The summed E-state index contributed by atoms with van der Waals surface area (Å²) in [5, 5.41) is 0. The van der Waals surface area contributed by atoms with Gasteiger partial charge in [-0.2, -0.15) is 8.78 Å². The van der Waals surface area contributed by atoms with Crippen molar-refractivity contribution in [2.75, 3.05) is 13.2 Å². The van der Waals surface area contributed by atoms with Gasteiger partial charge in [-0.3, -0.25) is 0 Å². The maximum atomic E-state index is 12.1. The molecule has 0 rings (SSSR count). The van der Waals surface area contributed by atoms with Crippen molar-refractivity contribution in [2.45, 2.75) is 13.0 Å². The average Bonchev–Trinajstić information content (AvgIpc) is 1.84. The molecule has 0 aromatic heterocycles. The van der Waals surface area contributed by atoms with Gasteiger partial charge >= 0.3 is 6.05 Å². The van der Waals surface area contributed by atoms with E-state index < -0.39 is 12.7 Å². The lowest BCUT2D eigenvalue weighted by atomic mass is 10.6. The van der Waals surface area contributed by atoms with Crippen LogP contribution in [0.15, 0.2) is 4.99 Å². The fourth-order valence-corrected chi connectivity index (χ4v) is 0.324. The second-order valence-corrected chi connectivity index (χ2v) is 1.51. The van der Waals surface area contributed by atoms with Crippen LogP contribution < -0.4 is 0 Å². The summed E-state index contributed by atoms with van der Waals surface area (Å²) in [7, 11) is 0.